The molecule has 0 saturated carbocycles. The van der Waals surface area contributed by atoms with Crippen molar-refractivity contribution in [3.8, 4) is 0 Å². The Morgan fingerprint density at radius 1 is 0.944 bits per heavy atom. The predicted molar refractivity (Wildman–Crippen MR) is 194 cm³/mol. The van der Waals surface area contributed by atoms with E-state index >= 15 is 0 Å². The molecule has 0 radical (unpaired) electrons. The summed E-state index contributed by atoms with van der Waals surface area (Å²) in [4.78, 5) is 48.5. The zero-order valence-electron chi connectivity index (χ0n) is 28.9. The molecule has 0 aliphatic carbocycles. The van der Waals surface area contributed by atoms with E-state index in [1.165, 1.54) is 41.3 Å². The van der Waals surface area contributed by atoms with Gasteiger partial charge in [0.25, 0.3) is 11.8 Å². The molecule has 0 aromatic heterocycles. The zero-order chi connectivity index (χ0) is 38.7. The Balaban J connectivity index is 1.24. The highest BCUT2D eigenvalue weighted by atomic mass is 35.5. The lowest BCUT2D eigenvalue weighted by Gasteiger charge is -2.38. The van der Waals surface area contributed by atoms with Crippen molar-refractivity contribution in [2.24, 2.45) is 5.16 Å². The van der Waals surface area contributed by atoms with Gasteiger partial charge in [-0.25, -0.2) is 9.18 Å². The topological polar surface area (TPSA) is 213 Å². The van der Waals surface area contributed by atoms with Gasteiger partial charge in [-0.1, -0.05) is 47.1 Å². The summed E-state index contributed by atoms with van der Waals surface area (Å²) in [5.74, 6) is -2.89. The van der Waals surface area contributed by atoms with E-state index in [-0.39, 0.29) is 41.4 Å². The number of carbonyl (C=O) groups excluding carboxylic acids is 2. The molecule has 3 aromatic rings. The van der Waals surface area contributed by atoms with Gasteiger partial charge >= 0.3 is 5.97 Å². The third-order valence-electron chi connectivity index (χ3n) is 9.97. The molecular weight excluding hydrogens is 727 g/mol. The van der Waals surface area contributed by atoms with E-state index < -0.39 is 66.8 Å². The van der Waals surface area contributed by atoms with Gasteiger partial charge in [0.05, 0.1) is 29.0 Å². The summed E-state index contributed by atoms with van der Waals surface area (Å²) in [6.07, 6.45) is -4.70. The number of aromatic carboxylic acids is 1. The third-order valence-corrected chi connectivity index (χ3v) is 10.3. The molecule has 6 atom stereocenters. The Kier molecular flexibility index (Phi) is 12.1. The second-order valence-corrected chi connectivity index (χ2v) is 13.8. The van der Waals surface area contributed by atoms with Gasteiger partial charge in [-0.3, -0.25) is 14.5 Å². The van der Waals surface area contributed by atoms with E-state index in [0.29, 0.717) is 37.2 Å². The number of aliphatic hydroxyl groups is 5. The molecule has 7 N–H and O–H groups in total. The molecule has 3 aliphatic heterocycles. The number of fused-ring (bicyclic) bond motifs is 1. The fourth-order valence-electron chi connectivity index (χ4n) is 7.03. The normalized spacial score (nSPS) is 20.8. The van der Waals surface area contributed by atoms with Crippen LogP contribution in [-0.2, 0) is 20.8 Å². The monoisotopic (exact) mass is 766 g/mol. The number of benzene rings is 3. The molecule has 14 nitrogen and oxygen atoms in total. The van der Waals surface area contributed by atoms with Crippen molar-refractivity contribution in [2.45, 2.75) is 55.8 Å². The number of carbonyl (C=O) groups is 3. The molecule has 2 amide bonds. The average Bonchev–Trinajstić information content (AvgIpc) is 3.67. The fraction of sp³-hybridized carbons (Fsp3) is 0.368. The SMILES string of the molecule is O=C(O)c1ccc(NC(=O)[C@@H]2c3cccc(C4=CCN(C[C@H](O)[C@@H](O)[C@@H](O)[C@H](O)CO)CC4)c3CCN2C(=O)C2CC(c3cccc(Cl)c3F)=NO2)cc1. The van der Waals surface area contributed by atoms with E-state index in [4.69, 9.17) is 21.5 Å². The Hall–Kier alpha value is -4.74. The quantitative estimate of drug-likeness (QED) is 0.142. The van der Waals surface area contributed by atoms with Crippen LogP contribution >= 0.6 is 11.6 Å². The molecule has 286 valence electrons. The minimum atomic E-state index is -1.72. The van der Waals surface area contributed by atoms with Gasteiger partial charge in [0.1, 0.15) is 24.4 Å². The molecule has 6 rings (SSSR count). The summed E-state index contributed by atoms with van der Waals surface area (Å²) in [6, 6.07) is 14.4. The van der Waals surface area contributed by atoms with Crippen molar-refractivity contribution in [3.05, 3.63) is 105 Å². The maximum absolute atomic E-state index is 14.8. The molecule has 3 heterocycles. The van der Waals surface area contributed by atoms with Crippen LogP contribution < -0.4 is 5.32 Å². The number of anilines is 1. The molecule has 3 aromatic carbocycles. The Bertz CT molecular complexity index is 1960. The second kappa shape index (κ2) is 16.7. The van der Waals surface area contributed by atoms with Gasteiger partial charge in [0, 0.05) is 43.9 Å². The maximum atomic E-state index is 14.8. The predicted octanol–water partition coefficient (Wildman–Crippen LogP) is 1.96. The summed E-state index contributed by atoms with van der Waals surface area (Å²) in [5, 5.41) is 65.5. The molecule has 0 bridgehead atoms. The number of hydrogen-bond acceptors (Lipinski definition) is 11. The number of carboxylic acid groups (broad SMARTS) is 1. The van der Waals surface area contributed by atoms with Crippen LogP contribution in [0.25, 0.3) is 5.57 Å². The van der Waals surface area contributed by atoms with Crippen LogP contribution in [-0.4, -0.2) is 127 Å². The average molecular weight is 767 g/mol. The molecule has 16 heteroatoms. The first kappa shape index (κ1) is 39.0. The first-order valence-corrected chi connectivity index (χ1v) is 17.7. The van der Waals surface area contributed by atoms with Crippen LogP contribution in [0.2, 0.25) is 5.02 Å². The Morgan fingerprint density at radius 2 is 1.65 bits per heavy atom. The van der Waals surface area contributed by atoms with Gasteiger partial charge in [-0.15, -0.1) is 0 Å². The van der Waals surface area contributed by atoms with Gasteiger partial charge in [-0.05, 0) is 71.5 Å². The highest BCUT2D eigenvalue weighted by molar-refractivity contribution is 6.31. The first-order chi connectivity index (χ1) is 25.9. The van der Waals surface area contributed by atoms with Crippen molar-refractivity contribution in [1.82, 2.24) is 9.80 Å². The Labute approximate surface area is 314 Å². The minimum absolute atomic E-state index is 0.00156. The van der Waals surface area contributed by atoms with E-state index in [1.54, 1.807) is 18.2 Å². The van der Waals surface area contributed by atoms with Crippen LogP contribution in [0.4, 0.5) is 10.1 Å². The number of β-amino-alcohol motifs (C(OH)–C–C–N with tert-alkyl or cyclic N) is 1. The lowest BCUT2D eigenvalue weighted by molar-refractivity contribution is -0.148. The molecule has 3 aliphatic rings. The lowest BCUT2D eigenvalue weighted by Crippen LogP contribution is -2.50. The fourth-order valence-corrected chi connectivity index (χ4v) is 7.21. The highest BCUT2D eigenvalue weighted by Gasteiger charge is 2.42. The minimum Gasteiger partial charge on any atom is -0.478 e. The van der Waals surface area contributed by atoms with Crippen LogP contribution in [0.1, 0.15) is 51.5 Å². The molecular formula is C38H40ClFN4O10. The van der Waals surface area contributed by atoms with E-state index in [9.17, 15) is 44.3 Å². The summed E-state index contributed by atoms with van der Waals surface area (Å²) >= 11 is 5.97. The van der Waals surface area contributed by atoms with Gasteiger partial charge in [0.2, 0.25) is 6.10 Å². The molecule has 1 unspecified atom stereocenters. The number of rotatable bonds is 12. The summed E-state index contributed by atoms with van der Waals surface area (Å²) in [6.45, 7) is 0.221. The number of aliphatic hydroxyl groups excluding tert-OH is 5. The number of hydrogen-bond donors (Lipinski definition) is 7. The van der Waals surface area contributed by atoms with E-state index in [2.05, 4.69) is 10.5 Å². The van der Waals surface area contributed by atoms with Crippen molar-refractivity contribution < 1.29 is 54.3 Å². The maximum Gasteiger partial charge on any atom is 0.335 e. The molecule has 0 spiro atoms. The smallest absolute Gasteiger partial charge is 0.335 e. The molecule has 0 saturated heterocycles. The lowest BCUT2D eigenvalue weighted by atomic mass is 9.84. The second-order valence-electron chi connectivity index (χ2n) is 13.4. The number of nitrogens with one attached hydrogen (secondary N) is 1. The van der Waals surface area contributed by atoms with Crippen LogP contribution in [0.3, 0.4) is 0 Å². The number of carboxylic acids is 1. The van der Waals surface area contributed by atoms with Crippen LogP contribution in [0, 0.1) is 5.82 Å². The number of halogens is 2. The third kappa shape index (κ3) is 8.17. The van der Waals surface area contributed by atoms with Crippen LogP contribution in [0.15, 0.2) is 71.9 Å². The summed E-state index contributed by atoms with van der Waals surface area (Å²) < 4.78 is 14.8. The number of oxime groups is 1. The van der Waals surface area contributed by atoms with Crippen LogP contribution in [0.5, 0.6) is 0 Å². The Morgan fingerprint density at radius 3 is 2.33 bits per heavy atom. The van der Waals surface area contributed by atoms with Gasteiger partial charge in [0.15, 0.2) is 5.82 Å². The number of nitrogens with zero attached hydrogens (tertiary/aromatic N) is 3. The highest BCUT2D eigenvalue weighted by Crippen LogP contribution is 2.38. The standard InChI is InChI=1S/C38H40ClFN4O10/c39-27-6-2-5-26(32(27)40)28-17-31(54-42-28)37(51)44-16-13-24-23(20-11-14-43(15-12-20)18-29(46)34(48)35(49)30(47)19-45)3-1-4-25(24)33(44)36(50)41-22-9-7-21(8-10-22)38(52)53/h1-11,29-31,33-35,45-49H,12-19H2,(H,41,50)(H,52,53)/t29-,30+,31?,33-,34+,35-/m0/s1. The van der Waals surface area contributed by atoms with Crippen molar-refractivity contribution in [1.29, 1.82) is 0 Å². The number of amides is 2. The first-order valence-electron chi connectivity index (χ1n) is 17.4. The van der Waals surface area contributed by atoms with E-state index in [0.717, 1.165) is 16.7 Å². The molecule has 54 heavy (non-hydrogen) atoms. The van der Waals surface area contributed by atoms with Gasteiger partial charge < -0.3 is 45.7 Å². The zero-order valence-corrected chi connectivity index (χ0v) is 29.6. The van der Waals surface area contributed by atoms with Crippen molar-refractivity contribution >= 4 is 46.4 Å². The molecule has 0 fully saturated rings. The summed E-state index contributed by atoms with van der Waals surface area (Å²) in [5.41, 5.74) is 3.93. The largest absolute Gasteiger partial charge is 0.478 e. The van der Waals surface area contributed by atoms with Crippen molar-refractivity contribution in [3.63, 3.8) is 0 Å². The summed E-state index contributed by atoms with van der Waals surface area (Å²) in [7, 11) is 0. The van der Waals surface area contributed by atoms with Gasteiger partial charge in [-0.2, -0.15) is 0 Å². The van der Waals surface area contributed by atoms with Crippen molar-refractivity contribution in [2.75, 3.05) is 38.1 Å². The van der Waals surface area contributed by atoms with E-state index in [1.807, 2.05) is 17.0 Å².